The highest BCUT2D eigenvalue weighted by Crippen LogP contribution is 2.60. The minimum atomic E-state index is -3.56. The fraction of sp³-hybridized carbons (Fsp3) is 0.867. The summed E-state index contributed by atoms with van der Waals surface area (Å²) in [5.41, 5.74) is -1.64. The normalized spacial score (nSPS) is 30.0. The Bertz CT molecular complexity index is 612. The summed E-state index contributed by atoms with van der Waals surface area (Å²) in [6.07, 6.45) is 2.08. The van der Waals surface area contributed by atoms with E-state index in [4.69, 9.17) is 8.92 Å². The first-order valence-electron chi connectivity index (χ1n) is 7.56. The molecule has 23 heavy (non-hydrogen) atoms. The number of carbonyl (C=O) groups excluding carboxylic acids is 2. The monoisotopic (exact) mass is 347 g/mol. The zero-order valence-electron chi connectivity index (χ0n) is 14.3. The van der Waals surface area contributed by atoms with Gasteiger partial charge in [-0.2, -0.15) is 8.42 Å². The number of ether oxygens (including phenoxy) is 1. The summed E-state index contributed by atoms with van der Waals surface area (Å²) in [6.45, 7) is 6.19. The van der Waals surface area contributed by atoms with Crippen LogP contribution < -0.4 is 0 Å². The molecule has 132 valence electrons. The van der Waals surface area contributed by atoms with Crippen LogP contribution in [0.4, 0.5) is 0 Å². The molecule has 2 bridgehead atoms. The highest BCUT2D eigenvalue weighted by Gasteiger charge is 2.71. The van der Waals surface area contributed by atoms with Crippen molar-refractivity contribution in [3.63, 3.8) is 0 Å². The maximum absolute atomic E-state index is 12.6. The van der Waals surface area contributed by atoms with E-state index in [2.05, 4.69) is 0 Å². The van der Waals surface area contributed by atoms with Crippen molar-refractivity contribution >= 4 is 22.0 Å². The molecule has 0 aromatic rings. The topological polar surface area (TPSA) is 90.0 Å². The lowest BCUT2D eigenvalue weighted by molar-refractivity contribution is -0.164. The lowest BCUT2D eigenvalue weighted by Gasteiger charge is -2.44. The Hall–Kier alpha value is -1.15. The minimum absolute atomic E-state index is 0.0100. The number of fused-ring (bicyclic) bond motifs is 1. The predicted molar refractivity (Wildman–Crippen MR) is 83.0 cm³/mol. The van der Waals surface area contributed by atoms with Crippen LogP contribution in [0.15, 0.2) is 0 Å². The molecule has 2 aliphatic heterocycles. The third-order valence-electron chi connectivity index (χ3n) is 4.47. The average Bonchev–Trinajstić information content (AvgIpc) is 2.84. The number of hydrogen-bond acceptors (Lipinski definition) is 6. The number of amides is 1. The maximum atomic E-state index is 12.6. The molecule has 0 aromatic carbocycles. The molecule has 3 fully saturated rings. The molecule has 7 nitrogen and oxygen atoms in total. The molecule has 0 spiro atoms. The molecule has 1 saturated carbocycles. The standard InChI is InChI=1S/C15H25NO6S/c1-13(2,3)6-11(17)16-9-14(10-22-23(5,19)20)7-15(16,8-14)12(18)21-4/h6-10H2,1-5H3. The Morgan fingerprint density at radius 1 is 1.22 bits per heavy atom. The molecule has 3 aliphatic rings. The van der Waals surface area contributed by atoms with Gasteiger partial charge in [-0.1, -0.05) is 20.8 Å². The molecular formula is C15H25NO6S. The van der Waals surface area contributed by atoms with Gasteiger partial charge in [0.05, 0.1) is 20.0 Å². The number of nitrogens with zero attached hydrogens (tertiary/aromatic N) is 1. The summed E-state index contributed by atoms with van der Waals surface area (Å²) in [4.78, 5) is 26.4. The Balaban J connectivity index is 2.19. The van der Waals surface area contributed by atoms with E-state index in [0.717, 1.165) is 6.26 Å². The molecule has 0 N–H and O–H groups in total. The van der Waals surface area contributed by atoms with Gasteiger partial charge >= 0.3 is 5.97 Å². The van der Waals surface area contributed by atoms with Crippen molar-refractivity contribution in [2.75, 3.05) is 26.5 Å². The summed E-state index contributed by atoms with van der Waals surface area (Å²) < 4.78 is 32.3. The van der Waals surface area contributed by atoms with Crippen LogP contribution in [0.5, 0.6) is 0 Å². The van der Waals surface area contributed by atoms with E-state index in [0.29, 0.717) is 25.8 Å². The van der Waals surface area contributed by atoms with Gasteiger partial charge < -0.3 is 9.64 Å². The molecule has 1 amide bonds. The zero-order valence-corrected chi connectivity index (χ0v) is 15.2. The van der Waals surface area contributed by atoms with Crippen LogP contribution in [0.1, 0.15) is 40.0 Å². The van der Waals surface area contributed by atoms with Gasteiger partial charge in [-0.3, -0.25) is 8.98 Å². The molecule has 0 aromatic heterocycles. The molecule has 2 saturated heterocycles. The second-order valence-corrected chi connectivity index (χ2v) is 9.70. The fourth-order valence-electron chi connectivity index (χ4n) is 3.68. The molecule has 0 radical (unpaired) electrons. The first-order chi connectivity index (χ1) is 10.3. The second kappa shape index (κ2) is 5.44. The van der Waals surface area contributed by atoms with Gasteiger partial charge in [0.15, 0.2) is 0 Å². The second-order valence-electron chi connectivity index (χ2n) is 8.06. The smallest absolute Gasteiger partial charge is 0.331 e. The third-order valence-corrected chi connectivity index (χ3v) is 5.02. The zero-order chi connectivity index (χ0) is 17.7. The third kappa shape index (κ3) is 3.52. The number of carbonyl (C=O) groups is 2. The molecule has 1 aliphatic carbocycles. The number of rotatable bonds is 5. The van der Waals surface area contributed by atoms with Crippen LogP contribution in [0, 0.1) is 10.8 Å². The quantitative estimate of drug-likeness (QED) is 0.543. The van der Waals surface area contributed by atoms with Gasteiger partial charge in [-0.15, -0.1) is 0 Å². The van der Waals surface area contributed by atoms with Crippen LogP contribution in [0.25, 0.3) is 0 Å². The molecule has 8 heteroatoms. The van der Waals surface area contributed by atoms with E-state index in [1.807, 2.05) is 20.8 Å². The van der Waals surface area contributed by atoms with E-state index >= 15 is 0 Å². The van der Waals surface area contributed by atoms with Crippen LogP contribution in [0.2, 0.25) is 0 Å². The Labute approximate surface area is 137 Å². The number of esters is 1. The molecular weight excluding hydrogens is 322 g/mol. The van der Waals surface area contributed by atoms with E-state index < -0.39 is 27.0 Å². The Morgan fingerprint density at radius 2 is 1.78 bits per heavy atom. The van der Waals surface area contributed by atoms with Crippen molar-refractivity contribution in [1.29, 1.82) is 0 Å². The maximum Gasteiger partial charge on any atom is 0.331 e. The fourth-order valence-corrected chi connectivity index (χ4v) is 4.14. The van der Waals surface area contributed by atoms with Crippen molar-refractivity contribution < 1.29 is 26.9 Å². The van der Waals surface area contributed by atoms with Crippen molar-refractivity contribution in [2.24, 2.45) is 10.8 Å². The Kier molecular flexibility index (Phi) is 4.31. The van der Waals surface area contributed by atoms with Gasteiger partial charge in [0, 0.05) is 18.4 Å². The molecule has 0 atom stereocenters. The summed E-state index contributed by atoms with van der Waals surface area (Å²) in [6, 6.07) is 0. The van der Waals surface area contributed by atoms with Gasteiger partial charge in [0.25, 0.3) is 10.1 Å². The summed E-state index contributed by atoms with van der Waals surface area (Å²) >= 11 is 0. The van der Waals surface area contributed by atoms with Crippen molar-refractivity contribution in [3.05, 3.63) is 0 Å². The summed E-state index contributed by atoms with van der Waals surface area (Å²) in [5, 5.41) is 0. The Morgan fingerprint density at radius 3 is 2.22 bits per heavy atom. The van der Waals surface area contributed by atoms with E-state index in [-0.39, 0.29) is 17.9 Å². The number of hydrogen-bond donors (Lipinski definition) is 0. The lowest BCUT2D eigenvalue weighted by Crippen LogP contribution is -2.58. The van der Waals surface area contributed by atoms with Crippen molar-refractivity contribution in [1.82, 2.24) is 4.90 Å². The molecule has 3 rings (SSSR count). The number of methoxy groups -OCH3 is 1. The van der Waals surface area contributed by atoms with E-state index in [9.17, 15) is 18.0 Å². The van der Waals surface area contributed by atoms with Crippen molar-refractivity contribution in [2.45, 2.75) is 45.6 Å². The summed E-state index contributed by atoms with van der Waals surface area (Å²) in [5.74, 6) is -0.547. The lowest BCUT2D eigenvalue weighted by atomic mass is 9.62. The molecule has 0 unspecified atom stereocenters. The van der Waals surface area contributed by atoms with Gasteiger partial charge in [-0.25, -0.2) is 4.79 Å². The first-order valence-corrected chi connectivity index (χ1v) is 9.38. The largest absolute Gasteiger partial charge is 0.467 e. The highest BCUT2D eigenvalue weighted by atomic mass is 32.2. The SMILES string of the molecule is COC(=O)C12CC(COS(C)(=O)=O)(CN1C(=O)CC(C)(C)C)C2. The van der Waals surface area contributed by atoms with Crippen LogP contribution in [0.3, 0.4) is 0 Å². The van der Waals surface area contributed by atoms with Crippen LogP contribution in [-0.2, 0) is 28.6 Å². The average molecular weight is 347 g/mol. The molecule has 2 heterocycles. The van der Waals surface area contributed by atoms with E-state index in [1.54, 1.807) is 4.90 Å². The minimum Gasteiger partial charge on any atom is -0.467 e. The highest BCUT2D eigenvalue weighted by molar-refractivity contribution is 7.85. The summed E-state index contributed by atoms with van der Waals surface area (Å²) in [7, 11) is -2.26. The van der Waals surface area contributed by atoms with Crippen LogP contribution in [-0.4, -0.2) is 57.3 Å². The van der Waals surface area contributed by atoms with Gasteiger partial charge in [0.2, 0.25) is 5.91 Å². The predicted octanol–water partition coefficient (Wildman–Crippen LogP) is 0.933. The van der Waals surface area contributed by atoms with Crippen molar-refractivity contribution in [3.8, 4) is 0 Å². The first kappa shape index (κ1) is 18.2. The van der Waals surface area contributed by atoms with Gasteiger partial charge in [0.1, 0.15) is 5.54 Å². The van der Waals surface area contributed by atoms with Gasteiger partial charge in [-0.05, 0) is 18.3 Å². The van der Waals surface area contributed by atoms with Crippen LogP contribution >= 0.6 is 0 Å². The van der Waals surface area contributed by atoms with E-state index in [1.165, 1.54) is 7.11 Å².